The summed E-state index contributed by atoms with van der Waals surface area (Å²) < 4.78 is 1.74. The third-order valence-corrected chi connectivity index (χ3v) is 2.56. The van der Waals surface area contributed by atoms with Crippen molar-refractivity contribution in [2.75, 3.05) is 0 Å². The summed E-state index contributed by atoms with van der Waals surface area (Å²) in [5, 5.41) is 8.81. The van der Waals surface area contributed by atoms with Gasteiger partial charge in [0.15, 0.2) is 0 Å². The Morgan fingerprint density at radius 1 is 1.19 bits per heavy atom. The van der Waals surface area contributed by atoms with Crippen molar-refractivity contribution in [1.29, 1.82) is 0 Å². The molecule has 0 saturated heterocycles. The Balaban J connectivity index is 2.26. The normalized spacial score (nSPS) is 10.8. The second-order valence-corrected chi connectivity index (χ2v) is 3.82. The molecule has 0 saturated carbocycles. The number of benzene rings is 2. The van der Waals surface area contributed by atoms with Crippen LogP contribution in [0.25, 0.3) is 16.7 Å². The molecule has 0 aliphatic heterocycles. The first-order valence-electron chi connectivity index (χ1n) is 4.83. The van der Waals surface area contributed by atoms with Crippen LogP contribution in [0.1, 0.15) is 0 Å². The SMILES string of the molecule is Clc1ccc2c(c1)nnn2-c1[c]cccc1. The fourth-order valence-electron chi connectivity index (χ4n) is 1.59. The number of aromatic nitrogens is 3. The molecule has 0 atom stereocenters. The van der Waals surface area contributed by atoms with Crippen LogP contribution in [0, 0.1) is 6.07 Å². The molecule has 77 valence electrons. The van der Waals surface area contributed by atoms with Crippen LogP contribution < -0.4 is 0 Å². The van der Waals surface area contributed by atoms with Crippen LogP contribution in [0.4, 0.5) is 0 Å². The standard InChI is InChI=1S/C12H7ClN3/c13-9-6-7-12-11(8-9)14-15-16(12)10-4-2-1-3-5-10/h1-4,6-8H. The number of fused-ring (bicyclic) bond motifs is 1. The Labute approximate surface area is 97.3 Å². The van der Waals surface area contributed by atoms with Gasteiger partial charge in [0, 0.05) is 11.1 Å². The molecule has 1 heterocycles. The lowest BCUT2D eigenvalue weighted by Gasteiger charge is -2.00. The van der Waals surface area contributed by atoms with Gasteiger partial charge in [0.1, 0.15) is 5.52 Å². The second-order valence-electron chi connectivity index (χ2n) is 3.38. The summed E-state index contributed by atoms with van der Waals surface area (Å²) in [6.45, 7) is 0. The minimum atomic E-state index is 0.664. The first kappa shape index (κ1) is 9.36. The van der Waals surface area contributed by atoms with E-state index >= 15 is 0 Å². The average molecular weight is 229 g/mol. The lowest BCUT2D eigenvalue weighted by Crippen LogP contribution is -1.95. The summed E-state index contributed by atoms with van der Waals surface area (Å²) in [4.78, 5) is 0. The first-order valence-corrected chi connectivity index (χ1v) is 5.20. The predicted molar refractivity (Wildman–Crippen MR) is 62.7 cm³/mol. The highest BCUT2D eigenvalue weighted by atomic mass is 35.5. The Bertz CT molecular complexity index is 631. The number of halogens is 1. The molecule has 3 nitrogen and oxygen atoms in total. The van der Waals surface area contributed by atoms with Crippen molar-refractivity contribution < 1.29 is 0 Å². The van der Waals surface area contributed by atoms with E-state index in [0.717, 1.165) is 16.7 Å². The van der Waals surface area contributed by atoms with E-state index in [0.29, 0.717) is 5.02 Å². The minimum absolute atomic E-state index is 0.664. The molecule has 0 amide bonds. The first-order chi connectivity index (χ1) is 7.84. The fourth-order valence-corrected chi connectivity index (χ4v) is 1.76. The molecule has 3 aromatic rings. The van der Waals surface area contributed by atoms with E-state index in [4.69, 9.17) is 11.6 Å². The molecule has 1 aromatic heterocycles. The summed E-state index contributed by atoms with van der Waals surface area (Å²) in [6.07, 6.45) is 0. The third kappa shape index (κ3) is 1.46. The van der Waals surface area contributed by atoms with Gasteiger partial charge in [-0.1, -0.05) is 35.0 Å². The molecule has 0 bridgehead atoms. The second kappa shape index (κ2) is 3.61. The Morgan fingerprint density at radius 2 is 2.12 bits per heavy atom. The number of para-hydroxylation sites is 1. The van der Waals surface area contributed by atoms with Crippen molar-refractivity contribution in [3.8, 4) is 5.69 Å². The van der Waals surface area contributed by atoms with Crippen molar-refractivity contribution in [1.82, 2.24) is 15.0 Å². The highest BCUT2D eigenvalue weighted by molar-refractivity contribution is 6.31. The number of nitrogens with zero attached hydrogens (tertiary/aromatic N) is 3. The topological polar surface area (TPSA) is 30.7 Å². The maximum Gasteiger partial charge on any atom is 0.115 e. The summed E-state index contributed by atoms with van der Waals surface area (Å²) in [5.74, 6) is 0. The molecule has 0 aliphatic carbocycles. The van der Waals surface area contributed by atoms with Crippen LogP contribution in [-0.2, 0) is 0 Å². The molecule has 0 spiro atoms. The van der Waals surface area contributed by atoms with Crippen LogP contribution in [0.3, 0.4) is 0 Å². The van der Waals surface area contributed by atoms with Crippen LogP contribution in [0.2, 0.25) is 5.02 Å². The molecule has 0 aliphatic rings. The molecular formula is C12H7ClN3. The van der Waals surface area contributed by atoms with Crippen molar-refractivity contribution in [2.24, 2.45) is 0 Å². The van der Waals surface area contributed by atoms with E-state index in [1.165, 1.54) is 0 Å². The maximum atomic E-state index is 5.89. The minimum Gasteiger partial charge on any atom is -0.212 e. The van der Waals surface area contributed by atoms with Gasteiger partial charge >= 0.3 is 0 Å². The lowest BCUT2D eigenvalue weighted by atomic mass is 10.3. The summed E-state index contributed by atoms with van der Waals surface area (Å²) >= 11 is 5.89. The summed E-state index contributed by atoms with van der Waals surface area (Å²) in [7, 11) is 0. The van der Waals surface area contributed by atoms with Crippen molar-refractivity contribution in [3.63, 3.8) is 0 Å². The van der Waals surface area contributed by atoms with Gasteiger partial charge in [0.05, 0.1) is 11.2 Å². The van der Waals surface area contributed by atoms with Crippen LogP contribution in [0.5, 0.6) is 0 Å². The van der Waals surface area contributed by atoms with E-state index < -0.39 is 0 Å². The Kier molecular flexibility index (Phi) is 2.11. The molecule has 16 heavy (non-hydrogen) atoms. The summed E-state index contributed by atoms with van der Waals surface area (Å²) in [5.41, 5.74) is 2.57. The highest BCUT2D eigenvalue weighted by Crippen LogP contribution is 2.19. The quantitative estimate of drug-likeness (QED) is 0.641. The zero-order valence-corrected chi connectivity index (χ0v) is 9.02. The molecule has 0 N–H and O–H groups in total. The molecule has 4 heteroatoms. The maximum absolute atomic E-state index is 5.89. The monoisotopic (exact) mass is 228 g/mol. The van der Waals surface area contributed by atoms with Crippen LogP contribution in [0.15, 0.2) is 42.5 Å². The zero-order valence-electron chi connectivity index (χ0n) is 8.26. The highest BCUT2D eigenvalue weighted by Gasteiger charge is 2.05. The zero-order chi connectivity index (χ0) is 11.0. The summed E-state index contributed by atoms with van der Waals surface area (Å²) in [6, 6.07) is 16.3. The van der Waals surface area contributed by atoms with Crippen molar-refractivity contribution >= 4 is 22.6 Å². The molecule has 1 radical (unpaired) electrons. The van der Waals surface area contributed by atoms with E-state index in [1.807, 2.05) is 36.4 Å². The van der Waals surface area contributed by atoms with Gasteiger partial charge in [-0.2, -0.15) is 0 Å². The van der Waals surface area contributed by atoms with E-state index in [-0.39, 0.29) is 0 Å². The smallest absolute Gasteiger partial charge is 0.115 e. The molecule has 0 unspecified atom stereocenters. The Hall–Kier alpha value is -1.87. The van der Waals surface area contributed by atoms with Crippen molar-refractivity contribution in [2.45, 2.75) is 0 Å². The molecular weight excluding hydrogens is 222 g/mol. The van der Waals surface area contributed by atoms with Gasteiger partial charge < -0.3 is 0 Å². The number of hydrogen-bond donors (Lipinski definition) is 0. The van der Waals surface area contributed by atoms with Gasteiger partial charge in [-0.15, -0.1) is 5.10 Å². The largest absolute Gasteiger partial charge is 0.212 e. The molecule has 3 rings (SSSR count). The predicted octanol–water partition coefficient (Wildman–Crippen LogP) is 2.87. The van der Waals surface area contributed by atoms with Gasteiger partial charge in [0.2, 0.25) is 0 Å². The average Bonchev–Trinajstić information content (AvgIpc) is 2.73. The van der Waals surface area contributed by atoms with E-state index in [2.05, 4.69) is 16.4 Å². The van der Waals surface area contributed by atoms with Gasteiger partial charge in [-0.3, -0.25) is 0 Å². The van der Waals surface area contributed by atoms with Gasteiger partial charge in [-0.25, -0.2) is 4.68 Å². The number of hydrogen-bond acceptors (Lipinski definition) is 2. The van der Waals surface area contributed by atoms with Crippen molar-refractivity contribution in [3.05, 3.63) is 53.6 Å². The van der Waals surface area contributed by atoms with Crippen LogP contribution >= 0.6 is 11.6 Å². The fraction of sp³-hybridized carbons (Fsp3) is 0. The van der Waals surface area contributed by atoms with E-state index in [9.17, 15) is 0 Å². The van der Waals surface area contributed by atoms with Crippen LogP contribution in [-0.4, -0.2) is 15.0 Å². The van der Waals surface area contributed by atoms with E-state index in [1.54, 1.807) is 10.7 Å². The molecule has 0 fully saturated rings. The number of rotatable bonds is 1. The Morgan fingerprint density at radius 3 is 2.94 bits per heavy atom. The lowest BCUT2D eigenvalue weighted by molar-refractivity contribution is 0.823. The molecule has 2 aromatic carbocycles. The van der Waals surface area contributed by atoms with Gasteiger partial charge in [-0.05, 0) is 24.3 Å². The van der Waals surface area contributed by atoms with Gasteiger partial charge in [0.25, 0.3) is 0 Å². The third-order valence-electron chi connectivity index (χ3n) is 2.33.